The predicted octanol–water partition coefficient (Wildman–Crippen LogP) is 0.338. The van der Waals surface area contributed by atoms with E-state index in [9.17, 15) is 9.59 Å². The van der Waals surface area contributed by atoms with E-state index in [1.807, 2.05) is 18.5 Å². The molecule has 1 fully saturated rings. The van der Waals surface area contributed by atoms with Crippen LogP contribution >= 0.6 is 31.9 Å². The zero-order chi connectivity index (χ0) is 15.5. The number of carbonyl (C=O) groups is 2. The normalized spacial score (nSPS) is 20.4. The fourth-order valence-corrected chi connectivity index (χ4v) is 3.89. The van der Waals surface area contributed by atoms with E-state index in [1.165, 1.54) is 0 Å². The number of nitrogens with zero attached hydrogens (tertiary/aromatic N) is 1. The molecule has 0 N–H and O–H groups in total. The Bertz CT molecular complexity index is 545. The number of carbonyl (C=O) groups excluding carboxylic acids is 2. The first-order valence-electron chi connectivity index (χ1n) is 7.05. The van der Waals surface area contributed by atoms with Gasteiger partial charge in [-0.1, -0.05) is 13.3 Å². The van der Waals surface area contributed by atoms with Gasteiger partial charge in [0.1, 0.15) is 0 Å². The number of halogens is 3. The lowest BCUT2D eigenvalue weighted by molar-refractivity contribution is -0.686. The number of rotatable bonds is 6. The van der Waals surface area contributed by atoms with E-state index in [1.54, 1.807) is 4.57 Å². The molecular weight excluding hydrogens is 482 g/mol. The smallest absolute Gasteiger partial charge is 0.306 e. The van der Waals surface area contributed by atoms with Crippen molar-refractivity contribution >= 4 is 43.6 Å². The van der Waals surface area contributed by atoms with E-state index in [0.29, 0.717) is 19.3 Å². The Kier molecular flexibility index (Phi) is 7.68. The fraction of sp³-hybridized carbons (Fsp3) is 0.533. The number of Topliss-reactive ketones (excluding diaryl/α,β-unsaturated/α-hetero) is 1. The lowest BCUT2D eigenvalue weighted by Gasteiger charge is -2.24. The van der Waals surface area contributed by atoms with Crippen molar-refractivity contribution in [2.45, 2.75) is 51.2 Å². The van der Waals surface area contributed by atoms with Crippen LogP contribution in [0.1, 0.15) is 39.0 Å². The third kappa shape index (κ3) is 4.86. The minimum atomic E-state index is -0.922. The van der Waals surface area contributed by atoms with Gasteiger partial charge in [0.2, 0.25) is 12.3 Å². The van der Waals surface area contributed by atoms with Crippen molar-refractivity contribution in [1.29, 1.82) is 0 Å². The SMILES string of the molecule is CCCCC1(C(=O)C[n+]2cc(Br)cc(Br)c2)CCC(=O)O1.[Br-]. The van der Waals surface area contributed by atoms with Gasteiger partial charge in [0.15, 0.2) is 18.0 Å². The van der Waals surface area contributed by atoms with E-state index in [-0.39, 0.29) is 35.3 Å². The van der Waals surface area contributed by atoms with Gasteiger partial charge in [-0.15, -0.1) is 0 Å². The first-order chi connectivity index (χ1) is 9.95. The molecule has 1 aromatic rings. The molecule has 2 rings (SSSR count). The lowest BCUT2D eigenvalue weighted by Crippen LogP contribution is -3.00. The molecule has 1 atom stereocenters. The van der Waals surface area contributed by atoms with Gasteiger partial charge < -0.3 is 21.7 Å². The first kappa shape index (κ1) is 19.8. The molecule has 7 heteroatoms. The number of esters is 1. The third-order valence-electron chi connectivity index (χ3n) is 3.66. The van der Waals surface area contributed by atoms with Crippen LogP contribution in [0.3, 0.4) is 0 Å². The molecule has 4 nitrogen and oxygen atoms in total. The molecule has 1 unspecified atom stereocenters. The molecule has 1 aliphatic heterocycles. The highest BCUT2D eigenvalue weighted by Crippen LogP contribution is 2.33. The van der Waals surface area contributed by atoms with Crippen LogP contribution in [0.25, 0.3) is 0 Å². The number of aromatic nitrogens is 1. The molecule has 0 spiro atoms. The third-order valence-corrected chi connectivity index (χ3v) is 4.53. The maximum atomic E-state index is 12.7. The standard InChI is InChI=1S/C15H18Br2NO3.BrH/c1-2-3-5-15(6-4-14(20)21-15)13(19)10-18-8-11(16)7-12(17)9-18;/h7-9H,2-6,10H2,1H3;1H/q+1;/p-1. The van der Waals surface area contributed by atoms with Gasteiger partial charge in [0, 0.05) is 12.8 Å². The van der Waals surface area contributed by atoms with E-state index < -0.39 is 5.60 Å². The largest absolute Gasteiger partial charge is 1.00 e. The van der Waals surface area contributed by atoms with E-state index in [0.717, 1.165) is 21.8 Å². The highest BCUT2D eigenvalue weighted by Gasteiger charge is 2.47. The van der Waals surface area contributed by atoms with Gasteiger partial charge in [-0.25, -0.2) is 0 Å². The molecule has 0 amide bonds. The van der Waals surface area contributed by atoms with Gasteiger partial charge in [0.05, 0.1) is 8.95 Å². The summed E-state index contributed by atoms with van der Waals surface area (Å²) in [6, 6.07) is 1.91. The maximum absolute atomic E-state index is 12.7. The van der Waals surface area contributed by atoms with Gasteiger partial charge in [-0.2, -0.15) is 4.57 Å². The summed E-state index contributed by atoms with van der Waals surface area (Å²) in [5.41, 5.74) is -0.922. The van der Waals surface area contributed by atoms with E-state index >= 15 is 0 Å². The summed E-state index contributed by atoms with van der Waals surface area (Å²) in [4.78, 5) is 24.2. The van der Waals surface area contributed by atoms with Crippen LogP contribution in [0.4, 0.5) is 0 Å². The first-order valence-corrected chi connectivity index (χ1v) is 8.64. The Morgan fingerprint density at radius 2 is 2.00 bits per heavy atom. The Hall–Kier alpha value is -0.270. The summed E-state index contributed by atoms with van der Waals surface area (Å²) in [6.07, 6.45) is 6.99. The van der Waals surface area contributed by atoms with Crippen LogP contribution in [0.5, 0.6) is 0 Å². The Morgan fingerprint density at radius 1 is 1.36 bits per heavy atom. The van der Waals surface area contributed by atoms with Crippen molar-refractivity contribution in [1.82, 2.24) is 0 Å². The van der Waals surface area contributed by atoms with Crippen LogP contribution in [0.2, 0.25) is 0 Å². The number of ether oxygens (including phenoxy) is 1. The molecule has 0 radical (unpaired) electrons. The second-order valence-corrected chi connectivity index (χ2v) is 7.17. The van der Waals surface area contributed by atoms with Crippen LogP contribution in [-0.2, 0) is 20.9 Å². The van der Waals surface area contributed by atoms with Gasteiger partial charge >= 0.3 is 5.97 Å². The fourth-order valence-electron chi connectivity index (χ4n) is 2.56. The highest BCUT2D eigenvalue weighted by molar-refractivity contribution is 9.11. The molecule has 1 aromatic heterocycles. The highest BCUT2D eigenvalue weighted by atomic mass is 79.9. The zero-order valence-corrected chi connectivity index (χ0v) is 17.0. The molecule has 0 aromatic carbocycles. The average Bonchev–Trinajstić information content (AvgIpc) is 2.78. The lowest BCUT2D eigenvalue weighted by atomic mass is 9.89. The van der Waals surface area contributed by atoms with E-state index in [4.69, 9.17) is 4.74 Å². The number of unbranched alkanes of at least 4 members (excludes halogenated alkanes) is 1. The minimum absolute atomic E-state index is 0. The number of cyclic esters (lactones) is 1. The summed E-state index contributed by atoms with van der Waals surface area (Å²) < 4.78 is 8.99. The summed E-state index contributed by atoms with van der Waals surface area (Å²) >= 11 is 6.81. The molecule has 1 aliphatic rings. The van der Waals surface area contributed by atoms with Crippen molar-refractivity contribution in [3.63, 3.8) is 0 Å². The van der Waals surface area contributed by atoms with Gasteiger partial charge in [-0.05, 0) is 50.8 Å². The molecule has 0 saturated carbocycles. The van der Waals surface area contributed by atoms with Crippen molar-refractivity contribution < 1.29 is 35.9 Å². The molecule has 0 aliphatic carbocycles. The summed E-state index contributed by atoms with van der Waals surface area (Å²) in [7, 11) is 0. The summed E-state index contributed by atoms with van der Waals surface area (Å²) in [5.74, 6) is -0.295. The number of pyridine rings is 1. The van der Waals surface area contributed by atoms with E-state index in [2.05, 4.69) is 38.8 Å². The molecule has 22 heavy (non-hydrogen) atoms. The summed E-state index contributed by atoms with van der Waals surface area (Å²) in [5, 5.41) is 0. The topological polar surface area (TPSA) is 47.2 Å². The minimum Gasteiger partial charge on any atom is -1.00 e. The second kappa shape index (κ2) is 8.55. The molecular formula is C15H18Br3NO3. The van der Waals surface area contributed by atoms with Crippen molar-refractivity contribution in [3.8, 4) is 0 Å². The Labute approximate surface area is 157 Å². The Morgan fingerprint density at radius 3 is 2.50 bits per heavy atom. The molecule has 122 valence electrons. The van der Waals surface area contributed by atoms with Crippen LogP contribution in [-0.4, -0.2) is 17.4 Å². The predicted molar refractivity (Wildman–Crippen MR) is 84.6 cm³/mol. The molecule has 0 bridgehead atoms. The average molecular weight is 500 g/mol. The maximum Gasteiger partial charge on any atom is 0.306 e. The van der Waals surface area contributed by atoms with Crippen molar-refractivity contribution in [2.24, 2.45) is 0 Å². The van der Waals surface area contributed by atoms with Crippen LogP contribution in [0, 0.1) is 0 Å². The number of ketones is 1. The molecule has 2 heterocycles. The molecule has 1 saturated heterocycles. The van der Waals surface area contributed by atoms with Crippen LogP contribution < -0.4 is 21.5 Å². The quantitative estimate of drug-likeness (QED) is 0.419. The zero-order valence-electron chi connectivity index (χ0n) is 12.3. The van der Waals surface area contributed by atoms with Crippen LogP contribution in [0.15, 0.2) is 27.4 Å². The number of hydrogen-bond donors (Lipinski definition) is 0. The van der Waals surface area contributed by atoms with Gasteiger partial charge in [0.25, 0.3) is 0 Å². The Balaban J connectivity index is 0.00000242. The monoisotopic (exact) mass is 497 g/mol. The van der Waals surface area contributed by atoms with Gasteiger partial charge in [-0.3, -0.25) is 9.59 Å². The van der Waals surface area contributed by atoms with Crippen molar-refractivity contribution in [2.75, 3.05) is 0 Å². The summed E-state index contributed by atoms with van der Waals surface area (Å²) in [6.45, 7) is 2.27. The second-order valence-electron chi connectivity index (χ2n) is 5.34. The van der Waals surface area contributed by atoms with Crippen molar-refractivity contribution in [3.05, 3.63) is 27.4 Å². The number of hydrogen-bond acceptors (Lipinski definition) is 3.